The van der Waals surface area contributed by atoms with Crippen LogP contribution in [0.3, 0.4) is 0 Å². The van der Waals surface area contributed by atoms with Crippen molar-refractivity contribution in [3.8, 4) is 0 Å². The number of rotatable bonds is 1. The fourth-order valence-electron chi connectivity index (χ4n) is 0.693. The van der Waals surface area contributed by atoms with Gasteiger partial charge in [0, 0.05) is 6.54 Å². The Kier molecular flexibility index (Phi) is 2.66. The van der Waals surface area contributed by atoms with E-state index in [4.69, 9.17) is 4.74 Å². The van der Waals surface area contributed by atoms with Gasteiger partial charge < -0.3 is 10.1 Å². The van der Waals surface area contributed by atoms with Crippen LogP contribution in [0.25, 0.3) is 0 Å². The Bertz CT molecular complexity index is 63.4. The maximum Gasteiger partial charge on any atom is 0.0767 e. The summed E-state index contributed by atoms with van der Waals surface area (Å²) in [5.74, 6) is 0. The van der Waals surface area contributed by atoms with Crippen molar-refractivity contribution in [2.75, 3.05) is 26.0 Å². The van der Waals surface area contributed by atoms with Crippen molar-refractivity contribution in [1.29, 1.82) is 0 Å². The smallest absolute Gasteiger partial charge is 0.0767 e. The molecule has 1 aliphatic rings. The zero-order chi connectivity index (χ0) is 5.82. The quantitative estimate of drug-likeness (QED) is 0.555. The fraction of sp³-hybridized carbons (Fsp3) is 1.00. The molecule has 1 rings (SSSR count). The molecular weight excluding hydrogens is 122 g/mol. The van der Waals surface area contributed by atoms with Gasteiger partial charge in [0.15, 0.2) is 0 Å². The van der Waals surface area contributed by atoms with Crippen LogP contribution in [0.15, 0.2) is 0 Å². The normalized spacial score (nSPS) is 30.4. The molecule has 0 aromatic rings. The zero-order valence-electron chi connectivity index (χ0n) is 5.02. The molecule has 0 radical (unpaired) electrons. The highest BCUT2D eigenvalue weighted by molar-refractivity contribution is 7.99. The van der Waals surface area contributed by atoms with Gasteiger partial charge in [-0.05, 0) is 6.26 Å². The molecule has 1 saturated heterocycles. The summed E-state index contributed by atoms with van der Waals surface area (Å²) in [5, 5.41) is 3.84. The minimum Gasteiger partial charge on any atom is -0.378 e. The molecule has 48 valence electrons. The molecule has 0 aromatic carbocycles. The third-order valence-corrected chi connectivity index (χ3v) is 2.04. The van der Waals surface area contributed by atoms with Crippen molar-refractivity contribution in [2.45, 2.75) is 5.37 Å². The van der Waals surface area contributed by atoms with Gasteiger partial charge in [-0.2, -0.15) is 0 Å². The molecule has 0 saturated carbocycles. The summed E-state index contributed by atoms with van der Waals surface area (Å²) in [6, 6.07) is 0. The summed E-state index contributed by atoms with van der Waals surface area (Å²) >= 11 is 1.81. The van der Waals surface area contributed by atoms with E-state index < -0.39 is 0 Å². The van der Waals surface area contributed by atoms with Crippen molar-refractivity contribution >= 4 is 11.8 Å². The van der Waals surface area contributed by atoms with Crippen LogP contribution in [-0.2, 0) is 4.74 Å². The van der Waals surface area contributed by atoms with Crippen LogP contribution in [-0.4, -0.2) is 31.4 Å². The molecule has 1 atom stereocenters. The van der Waals surface area contributed by atoms with Crippen LogP contribution in [0.1, 0.15) is 0 Å². The Hall–Kier alpha value is 0.270. The van der Waals surface area contributed by atoms with E-state index in [2.05, 4.69) is 11.6 Å². The van der Waals surface area contributed by atoms with Gasteiger partial charge in [-0.3, -0.25) is 0 Å². The lowest BCUT2D eigenvalue weighted by Crippen LogP contribution is -2.38. The molecule has 8 heavy (non-hydrogen) atoms. The van der Waals surface area contributed by atoms with Crippen LogP contribution >= 0.6 is 11.8 Å². The summed E-state index contributed by atoms with van der Waals surface area (Å²) in [7, 11) is 0. The lowest BCUT2D eigenvalue weighted by molar-refractivity contribution is 0.100. The van der Waals surface area contributed by atoms with Gasteiger partial charge in [-0.15, -0.1) is 11.8 Å². The van der Waals surface area contributed by atoms with E-state index >= 15 is 0 Å². The number of morpholine rings is 1. The summed E-state index contributed by atoms with van der Waals surface area (Å²) in [4.78, 5) is 0. The van der Waals surface area contributed by atoms with Gasteiger partial charge in [0.05, 0.1) is 18.6 Å². The Labute approximate surface area is 54.0 Å². The second-order valence-corrected chi connectivity index (χ2v) is 2.79. The van der Waals surface area contributed by atoms with E-state index in [-0.39, 0.29) is 0 Å². The maximum absolute atomic E-state index is 5.19. The third-order valence-electron chi connectivity index (χ3n) is 1.17. The largest absolute Gasteiger partial charge is 0.378 e. The van der Waals surface area contributed by atoms with Crippen LogP contribution < -0.4 is 5.32 Å². The molecule has 0 spiro atoms. The SMILES string of the molecule is CS[C@H]1COCCN1. The Morgan fingerprint density at radius 2 is 2.62 bits per heavy atom. The summed E-state index contributed by atoms with van der Waals surface area (Å²) < 4.78 is 5.19. The van der Waals surface area contributed by atoms with E-state index in [1.807, 2.05) is 11.8 Å². The topological polar surface area (TPSA) is 21.3 Å². The van der Waals surface area contributed by atoms with Crippen LogP contribution in [0.2, 0.25) is 0 Å². The minimum absolute atomic E-state index is 0.531. The highest BCUT2D eigenvalue weighted by Crippen LogP contribution is 2.04. The van der Waals surface area contributed by atoms with Gasteiger partial charge in [-0.1, -0.05) is 0 Å². The molecule has 1 heterocycles. The molecule has 1 fully saturated rings. The van der Waals surface area contributed by atoms with Gasteiger partial charge >= 0.3 is 0 Å². The first kappa shape index (κ1) is 6.39. The molecular formula is C5H11NOS. The second kappa shape index (κ2) is 3.33. The molecule has 0 unspecified atom stereocenters. The van der Waals surface area contributed by atoms with Gasteiger partial charge in [-0.25, -0.2) is 0 Å². The van der Waals surface area contributed by atoms with Crippen molar-refractivity contribution in [3.63, 3.8) is 0 Å². The summed E-state index contributed by atoms with van der Waals surface area (Å²) in [6.07, 6.45) is 2.09. The Morgan fingerprint density at radius 3 is 3.00 bits per heavy atom. The molecule has 0 bridgehead atoms. The first-order chi connectivity index (χ1) is 3.93. The van der Waals surface area contributed by atoms with Crippen LogP contribution in [0, 0.1) is 0 Å². The fourth-order valence-corrected chi connectivity index (χ4v) is 1.21. The van der Waals surface area contributed by atoms with Crippen LogP contribution in [0.5, 0.6) is 0 Å². The van der Waals surface area contributed by atoms with E-state index in [1.165, 1.54) is 0 Å². The number of ether oxygens (including phenoxy) is 1. The van der Waals surface area contributed by atoms with Crippen molar-refractivity contribution < 1.29 is 4.74 Å². The van der Waals surface area contributed by atoms with E-state index in [0.29, 0.717) is 5.37 Å². The van der Waals surface area contributed by atoms with Crippen molar-refractivity contribution in [3.05, 3.63) is 0 Å². The number of nitrogens with one attached hydrogen (secondary N) is 1. The van der Waals surface area contributed by atoms with Crippen molar-refractivity contribution in [2.24, 2.45) is 0 Å². The van der Waals surface area contributed by atoms with Gasteiger partial charge in [0.2, 0.25) is 0 Å². The molecule has 0 aliphatic carbocycles. The molecule has 3 heteroatoms. The highest BCUT2D eigenvalue weighted by atomic mass is 32.2. The lowest BCUT2D eigenvalue weighted by atomic mass is 10.5. The van der Waals surface area contributed by atoms with E-state index in [9.17, 15) is 0 Å². The molecule has 1 aliphatic heterocycles. The zero-order valence-corrected chi connectivity index (χ0v) is 5.83. The molecule has 1 N–H and O–H groups in total. The second-order valence-electron chi connectivity index (χ2n) is 1.75. The molecule has 0 aromatic heterocycles. The first-order valence-corrected chi connectivity index (χ1v) is 4.06. The summed E-state index contributed by atoms with van der Waals surface area (Å²) in [5.41, 5.74) is 0. The average Bonchev–Trinajstić information content (AvgIpc) is 1.90. The monoisotopic (exact) mass is 133 g/mol. The standard InChI is InChI=1S/C5H11NOS/c1-8-5-4-7-3-2-6-5/h5-6H,2-4H2,1H3/t5-/m0/s1. The Balaban J connectivity index is 2.13. The maximum atomic E-state index is 5.19. The molecule has 2 nitrogen and oxygen atoms in total. The van der Waals surface area contributed by atoms with Gasteiger partial charge in [0.25, 0.3) is 0 Å². The number of hydrogen-bond acceptors (Lipinski definition) is 3. The van der Waals surface area contributed by atoms with E-state index in [1.54, 1.807) is 0 Å². The van der Waals surface area contributed by atoms with Crippen LogP contribution in [0.4, 0.5) is 0 Å². The predicted molar refractivity (Wildman–Crippen MR) is 36.1 cm³/mol. The van der Waals surface area contributed by atoms with Gasteiger partial charge in [0.1, 0.15) is 0 Å². The predicted octanol–water partition coefficient (Wildman–Crippen LogP) is 0.295. The first-order valence-electron chi connectivity index (χ1n) is 2.77. The summed E-state index contributed by atoms with van der Waals surface area (Å²) in [6.45, 7) is 2.74. The lowest BCUT2D eigenvalue weighted by Gasteiger charge is -2.21. The number of thioether (sulfide) groups is 1. The molecule has 0 amide bonds. The highest BCUT2D eigenvalue weighted by Gasteiger charge is 2.09. The van der Waals surface area contributed by atoms with Crippen molar-refractivity contribution in [1.82, 2.24) is 5.32 Å². The number of hydrogen-bond donors (Lipinski definition) is 1. The average molecular weight is 133 g/mol. The minimum atomic E-state index is 0.531. The Morgan fingerprint density at radius 1 is 1.75 bits per heavy atom. The third kappa shape index (κ3) is 1.65. The van der Waals surface area contributed by atoms with E-state index in [0.717, 1.165) is 19.8 Å².